The van der Waals surface area contributed by atoms with E-state index in [1.165, 1.54) is 6.08 Å². The predicted octanol–water partition coefficient (Wildman–Crippen LogP) is 5.52. The van der Waals surface area contributed by atoms with Gasteiger partial charge in [-0.2, -0.15) is 4.90 Å². The number of halogens is 1. The van der Waals surface area contributed by atoms with Gasteiger partial charge in [0.25, 0.3) is 0 Å². The van der Waals surface area contributed by atoms with Crippen molar-refractivity contribution in [2.24, 2.45) is 4.99 Å². The maximum atomic E-state index is 12.9. The Morgan fingerprint density at radius 1 is 1.03 bits per heavy atom. The highest BCUT2D eigenvalue weighted by molar-refractivity contribution is 9.10. The summed E-state index contributed by atoms with van der Waals surface area (Å²) in [6, 6.07) is 5.09. The minimum atomic E-state index is -1.19. The minimum absolute atomic E-state index is 0.0392. The number of rotatable bonds is 1. The van der Waals surface area contributed by atoms with Crippen LogP contribution in [0, 0.1) is 0 Å². The van der Waals surface area contributed by atoms with Gasteiger partial charge in [0.1, 0.15) is 17.0 Å². The van der Waals surface area contributed by atoms with Gasteiger partial charge in [-0.25, -0.2) is 19.4 Å². The summed E-state index contributed by atoms with van der Waals surface area (Å²) in [6.07, 6.45) is -0.817. The van der Waals surface area contributed by atoms with E-state index in [4.69, 9.17) is 9.47 Å². The molecule has 0 radical (unpaired) electrons. The second-order valence-electron chi connectivity index (χ2n) is 8.68. The van der Waals surface area contributed by atoms with Crippen molar-refractivity contribution >= 4 is 51.7 Å². The van der Waals surface area contributed by atoms with Crippen molar-refractivity contribution in [1.82, 2.24) is 4.90 Å². The molecule has 0 bridgehead atoms. The first-order valence-corrected chi connectivity index (χ1v) is 10.0. The lowest BCUT2D eigenvalue weighted by Crippen LogP contribution is -2.47. The van der Waals surface area contributed by atoms with Crippen molar-refractivity contribution in [2.75, 3.05) is 0 Å². The molecule has 8 nitrogen and oxygen atoms in total. The van der Waals surface area contributed by atoms with E-state index in [9.17, 15) is 19.5 Å². The van der Waals surface area contributed by atoms with Gasteiger partial charge in [-0.05, 0) is 65.8 Å². The van der Waals surface area contributed by atoms with E-state index in [-0.39, 0.29) is 17.8 Å². The van der Waals surface area contributed by atoms with Crippen molar-refractivity contribution in [3.63, 3.8) is 0 Å². The summed E-state index contributed by atoms with van der Waals surface area (Å²) >= 11 is 3.35. The zero-order valence-electron chi connectivity index (χ0n) is 17.8. The Bertz CT molecular complexity index is 910. The van der Waals surface area contributed by atoms with Gasteiger partial charge in [0, 0.05) is 22.0 Å². The van der Waals surface area contributed by atoms with Gasteiger partial charge in [-0.3, -0.25) is 0 Å². The number of fused-ring (bicyclic) bond motifs is 1. The van der Waals surface area contributed by atoms with E-state index in [0.29, 0.717) is 16.2 Å². The number of carbonyl (C=O) groups is 3. The Hall–Kier alpha value is -2.68. The third kappa shape index (κ3) is 6.41. The summed E-state index contributed by atoms with van der Waals surface area (Å²) in [5.41, 5.74) is -0.886. The standard InChI is InChI=1S/C21H25BrN2O6/c1-20(2,3)29-18(27)24(19(28)30-21(4,5)6)16-11-13(17(25)26)9-12-10-14(22)7-8-15(12)23-16/h7-10H,11H2,1-6H3,(H,25,26). The first-order chi connectivity index (χ1) is 13.7. The van der Waals surface area contributed by atoms with E-state index in [1.807, 2.05) is 0 Å². The van der Waals surface area contributed by atoms with Gasteiger partial charge in [0.15, 0.2) is 0 Å². The largest absolute Gasteiger partial charge is 0.478 e. The molecule has 0 spiro atoms. The number of carbonyl (C=O) groups excluding carboxylic acids is 2. The van der Waals surface area contributed by atoms with Gasteiger partial charge in [0.2, 0.25) is 0 Å². The Morgan fingerprint density at radius 2 is 1.57 bits per heavy atom. The van der Waals surface area contributed by atoms with E-state index < -0.39 is 29.4 Å². The van der Waals surface area contributed by atoms with Gasteiger partial charge >= 0.3 is 18.2 Å². The normalized spacial score (nSPS) is 14.0. The average molecular weight is 481 g/mol. The van der Waals surface area contributed by atoms with Crippen LogP contribution in [0.3, 0.4) is 0 Å². The quantitative estimate of drug-likeness (QED) is 0.566. The first kappa shape index (κ1) is 23.6. The molecule has 1 aromatic rings. The molecule has 162 valence electrons. The fraction of sp³-hybridized carbons (Fsp3) is 0.429. The van der Waals surface area contributed by atoms with Gasteiger partial charge in [-0.1, -0.05) is 15.9 Å². The Morgan fingerprint density at radius 3 is 2.03 bits per heavy atom. The molecule has 0 saturated heterocycles. The summed E-state index contributed by atoms with van der Waals surface area (Å²) in [5.74, 6) is -1.29. The van der Waals surface area contributed by atoms with Crippen LogP contribution in [0.25, 0.3) is 6.08 Å². The highest BCUT2D eigenvalue weighted by Crippen LogP contribution is 2.31. The molecule has 1 aliphatic rings. The molecular weight excluding hydrogens is 456 g/mol. The van der Waals surface area contributed by atoms with E-state index in [0.717, 1.165) is 4.47 Å². The Balaban J connectivity index is 2.61. The molecule has 0 fully saturated rings. The predicted molar refractivity (Wildman–Crippen MR) is 116 cm³/mol. The van der Waals surface area contributed by atoms with Crippen molar-refractivity contribution in [1.29, 1.82) is 0 Å². The molecule has 9 heteroatoms. The van der Waals surface area contributed by atoms with E-state index in [2.05, 4.69) is 20.9 Å². The van der Waals surface area contributed by atoms with Crippen LogP contribution in [0.4, 0.5) is 15.3 Å². The molecule has 1 heterocycles. The van der Waals surface area contributed by atoms with Crippen LogP contribution in [0.2, 0.25) is 0 Å². The van der Waals surface area contributed by atoms with Crippen LogP contribution >= 0.6 is 15.9 Å². The molecule has 1 N–H and O–H groups in total. The summed E-state index contributed by atoms with van der Waals surface area (Å²) in [6.45, 7) is 9.93. The molecule has 30 heavy (non-hydrogen) atoms. The molecule has 0 unspecified atom stereocenters. The molecule has 0 saturated carbocycles. The number of aliphatic carboxylic acids is 1. The van der Waals surface area contributed by atoms with Crippen molar-refractivity contribution in [2.45, 2.75) is 59.2 Å². The molecule has 1 aromatic carbocycles. The number of carboxylic acids is 1. The summed E-state index contributed by atoms with van der Waals surface area (Å²) in [4.78, 5) is 42.6. The van der Waals surface area contributed by atoms with Crippen LogP contribution in [-0.4, -0.2) is 45.2 Å². The third-order valence-electron chi connectivity index (χ3n) is 3.60. The molecular formula is C21H25BrN2O6. The third-order valence-corrected chi connectivity index (χ3v) is 4.10. The number of hydrogen-bond acceptors (Lipinski definition) is 6. The fourth-order valence-corrected chi connectivity index (χ4v) is 2.88. The lowest BCUT2D eigenvalue weighted by atomic mass is 10.1. The summed E-state index contributed by atoms with van der Waals surface area (Å²) in [5, 5.41) is 9.62. The number of hydrogen-bond donors (Lipinski definition) is 1. The number of amides is 2. The molecule has 0 aromatic heterocycles. The number of benzene rings is 1. The molecule has 2 rings (SSSR count). The lowest BCUT2D eigenvalue weighted by Gasteiger charge is -2.29. The first-order valence-electron chi connectivity index (χ1n) is 9.23. The van der Waals surface area contributed by atoms with Crippen LogP contribution in [0.5, 0.6) is 0 Å². The zero-order chi connectivity index (χ0) is 22.9. The smallest absolute Gasteiger partial charge is 0.425 e. The van der Waals surface area contributed by atoms with Crippen molar-refractivity contribution < 1.29 is 29.0 Å². The highest BCUT2D eigenvalue weighted by Gasteiger charge is 2.36. The second-order valence-corrected chi connectivity index (χ2v) is 9.59. The zero-order valence-corrected chi connectivity index (χ0v) is 19.4. The van der Waals surface area contributed by atoms with Crippen LogP contribution in [-0.2, 0) is 14.3 Å². The van der Waals surface area contributed by atoms with E-state index in [1.54, 1.807) is 59.7 Å². The van der Waals surface area contributed by atoms with Gasteiger partial charge in [-0.15, -0.1) is 0 Å². The summed E-state index contributed by atoms with van der Waals surface area (Å²) < 4.78 is 11.5. The van der Waals surface area contributed by atoms with Gasteiger partial charge < -0.3 is 14.6 Å². The number of aliphatic imine (C=N–C) groups is 1. The Kier molecular flexibility index (Phi) is 6.76. The van der Waals surface area contributed by atoms with Crippen LogP contribution in [0.15, 0.2) is 33.2 Å². The van der Waals surface area contributed by atoms with Gasteiger partial charge in [0.05, 0.1) is 5.69 Å². The Labute approximate surface area is 183 Å². The van der Waals surface area contributed by atoms with Crippen LogP contribution in [0.1, 0.15) is 53.5 Å². The molecule has 0 atom stereocenters. The highest BCUT2D eigenvalue weighted by atomic mass is 79.9. The van der Waals surface area contributed by atoms with Crippen molar-refractivity contribution in [3.05, 3.63) is 33.8 Å². The van der Waals surface area contributed by atoms with E-state index >= 15 is 0 Å². The number of amidine groups is 1. The fourth-order valence-electron chi connectivity index (χ4n) is 2.50. The molecule has 2 amide bonds. The monoisotopic (exact) mass is 480 g/mol. The lowest BCUT2D eigenvalue weighted by molar-refractivity contribution is -0.132. The second kappa shape index (κ2) is 8.59. The van der Waals surface area contributed by atoms with Crippen molar-refractivity contribution in [3.8, 4) is 0 Å². The topological polar surface area (TPSA) is 106 Å². The minimum Gasteiger partial charge on any atom is -0.478 e. The molecule has 1 aliphatic heterocycles. The van der Waals surface area contributed by atoms with Crippen LogP contribution < -0.4 is 0 Å². The maximum Gasteiger partial charge on any atom is 0.425 e. The maximum absolute atomic E-state index is 12.9. The average Bonchev–Trinajstić information content (AvgIpc) is 2.70. The molecule has 0 aliphatic carbocycles. The SMILES string of the molecule is CC(C)(C)OC(=O)N(C(=O)OC(C)(C)C)C1=Nc2ccc(Br)cc2C=C(C(=O)O)C1. The number of ether oxygens (including phenoxy) is 2. The summed E-state index contributed by atoms with van der Waals surface area (Å²) in [7, 11) is 0. The number of carboxylic acid groups (broad SMARTS) is 1. The number of imide groups is 1. The number of nitrogens with zero attached hydrogens (tertiary/aromatic N) is 2.